The fourth-order valence-electron chi connectivity index (χ4n) is 2.57. The second-order valence-electron chi connectivity index (χ2n) is 5.55. The van der Waals surface area contributed by atoms with E-state index in [0.717, 1.165) is 16.7 Å². The molecule has 6 nitrogen and oxygen atoms in total. The molecule has 0 spiro atoms. The molecular weight excluding hydrogens is 282 g/mol. The van der Waals surface area contributed by atoms with Crippen LogP contribution in [0.1, 0.15) is 18.7 Å². The van der Waals surface area contributed by atoms with Gasteiger partial charge in [-0.2, -0.15) is 0 Å². The highest BCUT2D eigenvalue weighted by Crippen LogP contribution is 2.26. The zero-order valence-electron chi connectivity index (χ0n) is 12.7. The molecule has 6 heteroatoms. The molecule has 1 atom stereocenters. The van der Waals surface area contributed by atoms with Gasteiger partial charge >= 0.3 is 6.03 Å². The van der Waals surface area contributed by atoms with Gasteiger partial charge in [0, 0.05) is 18.5 Å². The number of para-hydroxylation sites is 1. The third-order valence-electron chi connectivity index (χ3n) is 4.06. The molecule has 1 fully saturated rings. The van der Waals surface area contributed by atoms with Crippen molar-refractivity contribution in [3.63, 3.8) is 0 Å². The van der Waals surface area contributed by atoms with Crippen molar-refractivity contribution in [2.75, 3.05) is 26.7 Å². The molecule has 22 heavy (non-hydrogen) atoms. The summed E-state index contributed by atoms with van der Waals surface area (Å²) in [4.78, 5) is 26.8. The summed E-state index contributed by atoms with van der Waals surface area (Å²) < 4.78 is 5.83. The van der Waals surface area contributed by atoms with Crippen LogP contribution in [0.2, 0.25) is 0 Å². The van der Waals surface area contributed by atoms with E-state index in [-0.39, 0.29) is 24.5 Å². The number of urea groups is 1. The number of hydrogen-bond donors (Lipinski definition) is 1. The Bertz CT molecular complexity index is 676. The monoisotopic (exact) mass is 301 g/mol. The molecule has 2 aromatic rings. The van der Waals surface area contributed by atoms with Crippen molar-refractivity contribution in [2.24, 2.45) is 0 Å². The first-order valence-electron chi connectivity index (χ1n) is 7.33. The fraction of sp³-hybridized carbons (Fsp3) is 0.375. The molecule has 0 bridgehead atoms. The number of hydrogen-bond acceptors (Lipinski definition) is 4. The van der Waals surface area contributed by atoms with E-state index in [4.69, 9.17) is 4.42 Å². The second-order valence-corrected chi connectivity index (χ2v) is 5.55. The first-order valence-corrected chi connectivity index (χ1v) is 7.33. The number of fused-ring (bicyclic) bond motifs is 1. The smallest absolute Gasteiger partial charge is 0.324 e. The minimum atomic E-state index is -0.310. The molecular formula is C16H19N3O3. The molecule has 116 valence electrons. The van der Waals surface area contributed by atoms with Gasteiger partial charge < -0.3 is 9.73 Å². The number of likely N-dealkylation sites (N-methyl/N-ethyl adjacent to an activating group) is 1. The Morgan fingerprint density at radius 1 is 1.45 bits per heavy atom. The first kappa shape index (κ1) is 14.6. The molecule has 3 amide bonds. The van der Waals surface area contributed by atoms with Crippen LogP contribution in [-0.4, -0.2) is 48.4 Å². The highest BCUT2D eigenvalue weighted by Gasteiger charge is 2.28. The van der Waals surface area contributed by atoms with E-state index in [0.29, 0.717) is 13.1 Å². The van der Waals surface area contributed by atoms with E-state index in [1.165, 1.54) is 4.90 Å². The molecule has 1 N–H and O–H groups in total. The summed E-state index contributed by atoms with van der Waals surface area (Å²) in [5.74, 6) is 0.614. The predicted octanol–water partition coefficient (Wildman–Crippen LogP) is 1.98. The third-order valence-corrected chi connectivity index (χ3v) is 4.06. The molecule has 0 saturated carbocycles. The van der Waals surface area contributed by atoms with E-state index < -0.39 is 0 Å². The van der Waals surface area contributed by atoms with E-state index in [2.05, 4.69) is 5.32 Å². The van der Waals surface area contributed by atoms with E-state index in [1.807, 2.05) is 49.2 Å². The molecule has 1 saturated heterocycles. The lowest BCUT2D eigenvalue weighted by Crippen LogP contribution is -2.41. The molecule has 1 aliphatic heterocycles. The van der Waals surface area contributed by atoms with Gasteiger partial charge in [-0.3, -0.25) is 14.6 Å². The number of rotatable bonds is 4. The summed E-state index contributed by atoms with van der Waals surface area (Å²) in [6.07, 6.45) is 0. The lowest BCUT2D eigenvalue weighted by Gasteiger charge is -2.24. The van der Waals surface area contributed by atoms with Crippen LogP contribution in [-0.2, 0) is 4.79 Å². The quantitative estimate of drug-likeness (QED) is 0.937. The minimum Gasteiger partial charge on any atom is -0.459 e. The Labute approximate surface area is 128 Å². The van der Waals surface area contributed by atoms with Gasteiger partial charge in [0.15, 0.2) is 0 Å². The van der Waals surface area contributed by atoms with E-state index >= 15 is 0 Å². The average Bonchev–Trinajstić information content (AvgIpc) is 3.11. The van der Waals surface area contributed by atoms with Crippen LogP contribution in [0.25, 0.3) is 11.0 Å². The number of carbonyl (C=O) groups is 2. The van der Waals surface area contributed by atoms with Crippen LogP contribution < -0.4 is 5.32 Å². The lowest BCUT2D eigenvalue weighted by atomic mass is 10.2. The van der Waals surface area contributed by atoms with Gasteiger partial charge in [-0.05, 0) is 26.1 Å². The molecule has 1 aromatic carbocycles. The number of nitrogens with zero attached hydrogens (tertiary/aromatic N) is 2. The molecule has 3 rings (SSSR count). The highest BCUT2D eigenvalue weighted by molar-refractivity contribution is 5.96. The van der Waals surface area contributed by atoms with Crippen LogP contribution in [0.5, 0.6) is 0 Å². The van der Waals surface area contributed by atoms with Crippen LogP contribution in [0.4, 0.5) is 4.79 Å². The second kappa shape index (κ2) is 5.81. The van der Waals surface area contributed by atoms with Crippen LogP contribution in [0.15, 0.2) is 34.7 Å². The maximum absolute atomic E-state index is 12.2. The minimum absolute atomic E-state index is 0.0537. The average molecular weight is 301 g/mol. The summed E-state index contributed by atoms with van der Waals surface area (Å²) in [6, 6.07) is 9.44. The maximum atomic E-state index is 12.2. The van der Waals surface area contributed by atoms with Crippen molar-refractivity contribution >= 4 is 22.9 Å². The molecule has 0 radical (unpaired) electrons. The predicted molar refractivity (Wildman–Crippen MR) is 82.4 cm³/mol. The van der Waals surface area contributed by atoms with Crippen LogP contribution in [0.3, 0.4) is 0 Å². The Hall–Kier alpha value is -2.34. The topological polar surface area (TPSA) is 65.8 Å². The van der Waals surface area contributed by atoms with Gasteiger partial charge in [-0.1, -0.05) is 18.2 Å². The first-order chi connectivity index (χ1) is 10.6. The Morgan fingerprint density at radius 3 is 2.91 bits per heavy atom. The number of carbonyl (C=O) groups excluding carboxylic acids is 2. The summed E-state index contributed by atoms with van der Waals surface area (Å²) in [6.45, 7) is 3.11. The van der Waals surface area contributed by atoms with Gasteiger partial charge in [0.1, 0.15) is 11.3 Å². The zero-order valence-corrected chi connectivity index (χ0v) is 12.7. The van der Waals surface area contributed by atoms with Gasteiger partial charge in [0.05, 0.1) is 12.6 Å². The lowest BCUT2D eigenvalue weighted by molar-refractivity contribution is -0.129. The molecule has 1 aromatic heterocycles. The number of nitrogens with one attached hydrogen (secondary N) is 1. The Kier molecular flexibility index (Phi) is 3.85. The van der Waals surface area contributed by atoms with Crippen molar-refractivity contribution < 1.29 is 14.0 Å². The number of amides is 3. The highest BCUT2D eigenvalue weighted by atomic mass is 16.3. The third kappa shape index (κ3) is 2.69. The van der Waals surface area contributed by atoms with Crippen LogP contribution in [0, 0.1) is 0 Å². The summed E-state index contributed by atoms with van der Waals surface area (Å²) >= 11 is 0. The number of furan rings is 1. The van der Waals surface area contributed by atoms with Crippen molar-refractivity contribution in [2.45, 2.75) is 13.0 Å². The number of imide groups is 1. The van der Waals surface area contributed by atoms with Gasteiger partial charge in [0.25, 0.3) is 0 Å². The molecule has 2 heterocycles. The molecule has 0 aliphatic carbocycles. The van der Waals surface area contributed by atoms with Crippen molar-refractivity contribution in [3.05, 3.63) is 36.1 Å². The van der Waals surface area contributed by atoms with Crippen molar-refractivity contribution in [3.8, 4) is 0 Å². The SMILES string of the molecule is CC(c1cc2ccccc2o1)N(C)CC(=O)N1CCNC1=O. The summed E-state index contributed by atoms with van der Waals surface area (Å²) in [5, 5.41) is 3.68. The maximum Gasteiger partial charge on any atom is 0.324 e. The van der Waals surface area contributed by atoms with Gasteiger partial charge in [-0.15, -0.1) is 0 Å². The Balaban J connectivity index is 1.69. The molecule has 1 unspecified atom stereocenters. The summed E-state index contributed by atoms with van der Waals surface area (Å²) in [5.41, 5.74) is 0.836. The van der Waals surface area contributed by atoms with E-state index in [1.54, 1.807) is 0 Å². The van der Waals surface area contributed by atoms with Crippen LogP contribution >= 0.6 is 0 Å². The number of benzene rings is 1. The fourth-order valence-corrected chi connectivity index (χ4v) is 2.57. The zero-order chi connectivity index (χ0) is 15.7. The largest absolute Gasteiger partial charge is 0.459 e. The normalized spacial score (nSPS) is 16.3. The Morgan fingerprint density at radius 2 is 2.23 bits per heavy atom. The van der Waals surface area contributed by atoms with Gasteiger partial charge in [-0.25, -0.2) is 4.79 Å². The van der Waals surface area contributed by atoms with E-state index in [9.17, 15) is 9.59 Å². The summed E-state index contributed by atoms with van der Waals surface area (Å²) in [7, 11) is 1.85. The molecule has 1 aliphatic rings. The van der Waals surface area contributed by atoms with Gasteiger partial charge in [0.2, 0.25) is 5.91 Å². The van der Waals surface area contributed by atoms with Crippen molar-refractivity contribution in [1.29, 1.82) is 0 Å². The van der Waals surface area contributed by atoms with Crippen molar-refractivity contribution in [1.82, 2.24) is 15.1 Å². The standard InChI is InChI=1S/C16H19N3O3/c1-11(14-9-12-5-3-4-6-13(12)22-14)18(2)10-15(20)19-8-7-17-16(19)21/h3-6,9,11H,7-8,10H2,1-2H3,(H,17,21).